The summed E-state index contributed by atoms with van der Waals surface area (Å²) < 4.78 is 11.3. The Bertz CT molecular complexity index is 217. The zero-order chi connectivity index (χ0) is 12.6. The molecular weight excluding hydrogens is 226 g/mol. The van der Waals surface area contributed by atoms with Gasteiger partial charge in [0.1, 0.15) is 0 Å². The molecule has 2 unspecified atom stereocenters. The third-order valence-electron chi connectivity index (χ3n) is 4.37. The van der Waals surface area contributed by atoms with Gasteiger partial charge in [-0.2, -0.15) is 0 Å². The Morgan fingerprint density at radius 3 is 2.67 bits per heavy atom. The van der Waals surface area contributed by atoms with Crippen LogP contribution >= 0.6 is 0 Å². The largest absolute Gasteiger partial charge is 0.381 e. The second-order valence-electron chi connectivity index (χ2n) is 5.97. The number of nitrogens with two attached hydrogens (primary N) is 1. The Hall–Kier alpha value is -0.120. The molecule has 0 radical (unpaired) electrons. The molecule has 0 aromatic carbocycles. The van der Waals surface area contributed by atoms with Gasteiger partial charge in [-0.25, -0.2) is 0 Å². The van der Waals surface area contributed by atoms with Gasteiger partial charge in [-0.15, -0.1) is 0 Å². The third kappa shape index (κ3) is 5.25. The number of rotatable bonds is 6. The molecular formula is C15H29NO2. The number of ether oxygens (including phenoxy) is 2. The van der Waals surface area contributed by atoms with Crippen LogP contribution in [-0.4, -0.2) is 32.0 Å². The van der Waals surface area contributed by atoms with Crippen LogP contribution in [0, 0.1) is 5.92 Å². The van der Waals surface area contributed by atoms with Gasteiger partial charge in [-0.3, -0.25) is 0 Å². The summed E-state index contributed by atoms with van der Waals surface area (Å²) in [6.07, 6.45) is 11.6. The molecule has 1 saturated heterocycles. The second-order valence-corrected chi connectivity index (χ2v) is 5.97. The smallest absolute Gasteiger partial charge is 0.0589 e. The predicted octanol–water partition coefficient (Wildman–Crippen LogP) is 2.87. The molecule has 2 aliphatic rings. The van der Waals surface area contributed by atoms with Gasteiger partial charge in [0.05, 0.1) is 6.10 Å². The van der Waals surface area contributed by atoms with Crippen LogP contribution in [0.4, 0.5) is 0 Å². The monoisotopic (exact) mass is 255 g/mol. The molecule has 3 heteroatoms. The van der Waals surface area contributed by atoms with Crippen LogP contribution in [0.1, 0.15) is 57.8 Å². The molecule has 0 aromatic heterocycles. The highest BCUT2D eigenvalue weighted by Gasteiger charge is 2.19. The topological polar surface area (TPSA) is 44.5 Å². The third-order valence-corrected chi connectivity index (χ3v) is 4.37. The zero-order valence-corrected chi connectivity index (χ0v) is 11.6. The fourth-order valence-electron chi connectivity index (χ4n) is 3.15. The lowest BCUT2D eigenvalue weighted by Crippen LogP contribution is -2.32. The first kappa shape index (κ1) is 14.3. The zero-order valence-electron chi connectivity index (χ0n) is 11.6. The first-order chi connectivity index (χ1) is 8.84. The molecule has 106 valence electrons. The molecule has 2 atom stereocenters. The average Bonchev–Trinajstić information content (AvgIpc) is 2.40. The lowest BCUT2D eigenvalue weighted by Gasteiger charge is -2.27. The van der Waals surface area contributed by atoms with Crippen LogP contribution in [0.2, 0.25) is 0 Å². The maximum Gasteiger partial charge on any atom is 0.0589 e. The van der Waals surface area contributed by atoms with Crippen LogP contribution in [-0.2, 0) is 9.47 Å². The van der Waals surface area contributed by atoms with Gasteiger partial charge in [-0.1, -0.05) is 12.8 Å². The molecule has 0 spiro atoms. The molecule has 0 amide bonds. The molecule has 1 aliphatic heterocycles. The number of hydrogen-bond donors (Lipinski definition) is 1. The Balaban J connectivity index is 1.45. The standard InChI is InChI=1S/C15H29NO2/c16-14-5-3-6-15(12-14)18-9-2-1-4-13-7-10-17-11-8-13/h13-15H,1-12,16H2. The van der Waals surface area contributed by atoms with Crippen molar-refractivity contribution in [2.45, 2.75) is 69.9 Å². The van der Waals surface area contributed by atoms with E-state index in [4.69, 9.17) is 15.2 Å². The van der Waals surface area contributed by atoms with E-state index in [1.165, 1.54) is 51.4 Å². The second kappa shape index (κ2) is 8.13. The molecule has 1 saturated carbocycles. The van der Waals surface area contributed by atoms with Crippen molar-refractivity contribution in [1.82, 2.24) is 0 Å². The van der Waals surface area contributed by atoms with E-state index in [0.29, 0.717) is 12.1 Å². The average molecular weight is 255 g/mol. The van der Waals surface area contributed by atoms with E-state index in [2.05, 4.69) is 0 Å². The lowest BCUT2D eigenvalue weighted by atomic mass is 9.93. The SMILES string of the molecule is NC1CCCC(OCCCCC2CCOCC2)C1. The predicted molar refractivity (Wildman–Crippen MR) is 73.6 cm³/mol. The Kier molecular flexibility index (Phi) is 6.46. The number of unbranched alkanes of at least 4 members (excludes halogenated alkanes) is 1. The van der Waals surface area contributed by atoms with E-state index in [1.807, 2.05) is 0 Å². The van der Waals surface area contributed by atoms with E-state index in [1.54, 1.807) is 0 Å². The van der Waals surface area contributed by atoms with Crippen molar-refractivity contribution in [3.8, 4) is 0 Å². The maximum absolute atomic E-state index is 5.96. The van der Waals surface area contributed by atoms with Crippen LogP contribution in [0.3, 0.4) is 0 Å². The molecule has 0 bridgehead atoms. The van der Waals surface area contributed by atoms with Crippen LogP contribution in [0.15, 0.2) is 0 Å². The normalized spacial score (nSPS) is 30.5. The highest BCUT2D eigenvalue weighted by molar-refractivity contribution is 4.75. The Labute approximate surface area is 111 Å². The first-order valence-electron chi connectivity index (χ1n) is 7.79. The highest BCUT2D eigenvalue weighted by atomic mass is 16.5. The van der Waals surface area contributed by atoms with E-state index < -0.39 is 0 Å². The fourth-order valence-corrected chi connectivity index (χ4v) is 3.15. The molecule has 18 heavy (non-hydrogen) atoms. The van der Waals surface area contributed by atoms with Gasteiger partial charge < -0.3 is 15.2 Å². The summed E-state index contributed by atoms with van der Waals surface area (Å²) >= 11 is 0. The van der Waals surface area contributed by atoms with Crippen molar-refractivity contribution in [3.63, 3.8) is 0 Å². The Morgan fingerprint density at radius 1 is 1.06 bits per heavy atom. The lowest BCUT2D eigenvalue weighted by molar-refractivity contribution is 0.0198. The van der Waals surface area contributed by atoms with Crippen molar-refractivity contribution in [2.75, 3.05) is 19.8 Å². The van der Waals surface area contributed by atoms with Crippen molar-refractivity contribution in [1.29, 1.82) is 0 Å². The van der Waals surface area contributed by atoms with Crippen molar-refractivity contribution in [3.05, 3.63) is 0 Å². The highest BCUT2D eigenvalue weighted by Crippen LogP contribution is 2.22. The quantitative estimate of drug-likeness (QED) is 0.742. The van der Waals surface area contributed by atoms with Crippen molar-refractivity contribution >= 4 is 0 Å². The number of hydrogen-bond acceptors (Lipinski definition) is 3. The first-order valence-corrected chi connectivity index (χ1v) is 7.79. The summed E-state index contributed by atoms with van der Waals surface area (Å²) in [5, 5.41) is 0. The van der Waals surface area contributed by atoms with Crippen LogP contribution in [0.5, 0.6) is 0 Å². The molecule has 1 heterocycles. The summed E-state index contributed by atoms with van der Waals surface area (Å²) in [4.78, 5) is 0. The van der Waals surface area contributed by atoms with E-state index in [0.717, 1.165) is 32.2 Å². The van der Waals surface area contributed by atoms with Gasteiger partial charge in [-0.05, 0) is 50.9 Å². The van der Waals surface area contributed by atoms with E-state index >= 15 is 0 Å². The minimum atomic E-state index is 0.381. The molecule has 0 aromatic rings. The minimum Gasteiger partial charge on any atom is -0.381 e. The van der Waals surface area contributed by atoms with Gasteiger partial charge in [0, 0.05) is 25.9 Å². The summed E-state index contributed by atoms with van der Waals surface area (Å²) in [5.74, 6) is 0.904. The van der Waals surface area contributed by atoms with Gasteiger partial charge in [0.15, 0.2) is 0 Å². The molecule has 1 aliphatic carbocycles. The Morgan fingerprint density at radius 2 is 1.89 bits per heavy atom. The minimum absolute atomic E-state index is 0.381. The van der Waals surface area contributed by atoms with Gasteiger partial charge in [0.2, 0.25) is 0 Å². The summed E-state index contributed by atoms with van der Waals surface area (Å²) in [7, 11) is 0. The molecule has 2 N–H and O–H groups in total. The van der Waals surface area contributed by atoms with E-state index in [-0.39, 0.29) is 0 Å². The molecule has 2 fully saturated rings. The summed E-state index contributed by atoms with van der Waals surface area (Å²) in [6.45, 7) is 2.88. The van der Waals surface area contributed by atoms with Gasteiger partial charge in [0.25, 0.3) is 0 Å². The molecule has 2 rings (SSSR count). The summed E-state index contributed by atoms with van der Waals surface area (Å²) in [5.41, 5.74) is 5.96. The van der Waals surface area contributed by atoms with Crippen molar-refractivity contribution < 1.29 is 9.47 Å². The maximum atomic E-state index is 5.96. The van der Waals surface area contributed by atoms with Crippen molar-refractivity contribution in [2.24, 2.45) is 11.7 Å². The van der Waals surface area contributed by atoms with Gasteiger partial charge >= 0.3 is 0 Å². The molecule has 3 nitrogen and oxygen atoms in total. The van der Waals surface area contributed by atoms with Crippen LogP contribution in [0.25, 0.3) is 0 Å². The summed E-state index contributed by atoms with van der Waals surface area (Å²) in [6, 6.07) is 0.381. The van der Waals surface area contributed by atoms with Crippen LogP contribution < -0.4 is 5.73 Å². The fraction of sp³-hybridized carbons (Fsp3) is 1.00. The van der Waals surface area contributed by atoms with E-state index in [9.17, 15) is 0 Å².